The molecule has 0 saturated carbocycles. The van der Waals surface area contributed by atoms with E-state index in [1.807, 2.05) is 0 Å². The summed E-state index contributed by atoms with van der Waals surface area (Å²) in [7, 11) is -4.37. The fraction of sp³-hybridized carbons (Fsp3) is 0.681. The van der Waals surface area contributed by atoms with Crippen LogP contribution in [0.25, 0.3) is 0 Å². The van der Waals surface area contributed by atoms with Crippen LogP contribution in [0.1, 0.15) is 187 Å². The summed E-state index contributed by atoms with van der Waals surface area (Å²) in [5.74, 6) is -1.04. The number of hydrogen-bond donors (Lipinski definition) is 3. The molecule has 7 heteroatoms. The quantitative estimate of drug-likeness (QED) is 0.0329. The van der Waals surface area contributed by atoms with Crippen molar-refractivity contribution < 1.29 is 22.9 Å². The van der Waals surface area contributed by atoms with Crippen LogP contribution in [0.4, 0.5) is 0 Å². The minimum Gasteiger partial charge on any atom is -0.387 e. The van der Waals surface area contributed by atoms with Gasteiger partial charge in [0.25, 0.3) is 10.1 Å². The summed E-state index contributed by atoms with van der Waals surface area (Å²) in [4.78, 5) is 12.5. The van der Waals surface area contributed by atoms with E-state index in [1.54, 1.807) is 6.08 Å². The summed E-state index contributed by atoms with van der Waals surface area (Å²) >= 11 is 0. The number of nitrogens with one attached hydrogen (secondary N) is 1. The summed E-state index contributed by atoms with van der Waals surface area (Å²) < 4.78 is 32.5. The highest BCUT2D eigenvalue weighted by Gasteiger charge is 2.24. The van der Waals surface area contributed by atoms with E-state index in [9.17, 15) is 22.9 Å². The van der Waals surface area contributed by atoms with Crippen LogP contribution < -0.4 is 5.32 Å². The Morgan fingerprint density at radius 2 is 0.907 bits per heavy atom. The van der Waals surface area contributed by atoms with Gasteiger partial charge in [0.2, 0.25) is 5.91 Å². The highest BCUT2D eigenvalue weighted by atomic mass is 32.2. The molecular weight excluding hydrogens is 691 g/mol. The maximum atomic E-state index is 12.5. The predicted octanol–water partition coefficient (Wildman–Crippen LogP) is 13.2. The maximum Gasteiger partial charge on any atom is 0.267 e. The molecule has 0 aliphatic carbocycles. The standard InChI is InChI=1S/C47H81NO5S/c1-3-5-7-9-11-13-15-17-19-21-23-25-26-28-30-32-34-36-38-40-42-46(49)45(44-54(51,52)53)48-47(50)43-41-39-37-35-33-31-29-27-24-22-20-18-16-14-12-10-8-6-4-2/h6,8,12,14,18,20,24-27,32,34,40,42,45-46,49H,3-5,7,9-11,13,15-17,19,21-23,28-31,33,35-39,41,43-44H2,1-2H3,(H,48,50)(H,51,52,53)/b8-6-,14-12-,20-18-,26-25+,27-24-,34-32+,42-40+. The van der Waals surface area contributed by atoms with E-state index < -0.39 is 28.0 Å². The lowest BCUT2D eigenvalue weighted by Gasteiger charge is -2.21. The van der Waals surface area contributed by atoms with Crippen LogP contribution in [0.3, 0.4) is 0 Å². The molecule has 0 rings (SSSR count). The Morgan fingerprint density at radius 3 is 1.39 bits per heavy atom. The van der Waals surface area contributed by atoms with Crippen molar-refractivity contribution in [2.45, 2.75) is 199 Å². The van der Waals surface area contributed by atoms with E-state index in [1.165, 1.54) is 76.7 Å². The number of hydrogen-bond acceptors (Lipinski definition) is 4. The number of aliphatic hydroxyl groups excluding tert-OH is 1. The fourth-order valence-electron chi connectivity index (χ4n) is 6.06. The second-order valence-corrected chi connectivity index (χ2v) is 16.1. The third-order valence-corrected chi connectivity index (χ3v) is 10.1. The Hall–Kier alpha value is -2.48. The van der Waals surface area contributed by atoms with E-state index in [0.717, 1.165) is 83.5 Å². The first kappa shape index (κ1) is 51.5. The number of amides is 1. The van der Waals surface area contributed by atoms with Gasteiger partial charge in [0.05, 0.1) is 17.9 Å². The molecular formula is C47H81NO5S. The summed E-state index contributed by atoms with van der Waals surface area (Å²) in [6.45, 7) is 4.41. The van der Waals surface area contributed by atoms with Crippen LogP contribution in [0, 0.1) is 0 Å². The second-order valence-electron chi connectivity index (χ2n) is 14.6. The van der Waals surface area contributed by atoms with Crippen molar-refractivity contribution in [3.63, 3.8) is 0 Å². The largest absolute Gasteiger partial charge is 0.387 e. The molecule has 0 spiro atoms. The minimum atomic E-state index is -4.37. The van der Waals surface area contributed by atoms with Crippen LogP contribution >= 0.6 is 0 Å². The highest BCUT2D eigenvalue weighted by molar-refractivity contribution is 7.85. The zero-order chi connectivity index (χ0) is 39.6. The molecule has 0 aromatic carbocycles. The van der Waals surface area contributed by atoms with E-state index in [-0.39, 0.29) is 12.3 Å². The lowest BCUT2D eigenvalue weighted by Crippen LogP contribution is -2.46. The van der Waals surface area contributed by atoms with Crippen LogP contribution in [-0.2, 0) is 14.9 Å². The van der Waals surface area contributed by atoms with E-state index in [0.29, 0.717) is 12.8 Å². The van der Waals surface area contributed by atoms with Crippen molar-refractivity contribution in [1.29, 1.82) is 0 Å². The molecule has 6 nitrogen and oxygen atoms in total. The Balaban J connectivity index is 4.02. The molecule has 0 radical (unpaired) electrons. The van der Waals surface area contributed by atoms with Gasteiger partial charge in [-0.2, -0.15) is 8.42 Å². The van der Waals surface area contributed by atoms with Crippen molar-refractivity contribution in [2.24, 2.45) is 0 Å². The van der Waals surface area contributed by atoms with Gasteiger partial charge >= 0.3 is 0 Å². The van der Waals surface area contributed by atoms with E-state index in [4.69, 9.17) is 0 Å². The summed E-state index contributed by atoms with van der Waals surface area (Å²) in [6, 6.07) is -1.09. The molecule has 3 N–H and O–H groups in total. The molecule has 2 atom stereocenters. The lowest BCUT2D eigenvalue weighted by atomic mass is 10.1. The topological polar surface area (TPSA) is 104 Å². The van der Waals surface area contributed by atoms with Gasteiger partial charge in [-0.05, 0) is 83.5 Å². The first-order chi connectivity index (χ1) is 26.3. The number of carbonyl (C=O) groups excluding carboxylic acids is 1. The molecule has 310 valence electrons. The molecule has 0 saturated heterocycles. The van der Waals surface area contributed by atoms with Crippen molar-refractivity contribution in [1.82, 2.24) is 5.32 Å². The van der Waals surface area contributed by atoms with Gasteiger partial charge in [0.1, 0.15) is 0 Å². The van der Waals surface area contributed by atoms with Gasteiger partial charge < -0.3 is 10.4 Å². The summed E-state index contributed by atoms with van der Waals surface area (Å²) in [6.07, 6.45) is 58.5. The average molecular weight is 772 g/mol. The minimum absolute atomic E-state index is 0.264. The predicted molar refractivity (Wildman–Crippen MR) is 234 cm³/mol. The number of carbonyl (C=O) groups is 1. The molecule has 54 heavy (non-hydrogen) atoms. The van der Waals surface area contributed by atoms with Gasteiger partial charge in [-0.3, -0.25) is 9.35 Å². The number of aliphatic hydroxyl groups is 1. The van der Waals surface area contributed by atoms with Crippen molar-refractivity contribution >= 4 is 16.0 Å². The first-order valence-corrected chi connectivity index (χ1v) is 23.4. The number of allylic oxidation sites excluding steroid dienone is 13. The molecule has 0 aromatic rings. The highest BCUT2D eigenvalue weighted by Crippen LogP contribution is 2.13. The normalized spacial score (nSPS) is 14.1. The third kappa shape index (κ3) is 40.7. The van der Waals surface area contributed by atoms with E-state index in [2.05, 4.69) is 92.1 Å². The molecule has 0 aromatic heterocycles. The monoisotopic (exact) mass is 772 g/mol. The zero-order valence-electron chi connectivity index (χ0n) is 34.6. The SMILES string of the molecule is CC/C=C\C/C=C\C/C=C\C/C=C\CCCCCCCCC(=O)NC(CS(=O)(=O)O)C(O)/C=C/CC/C=C/CC/C=C/CCCCCCCCCCCC. The maximum absolute atomic E-state index is 12.5. The smallest absolute Gasteiger partial charge is 0.267 e. The molecule has 1 amide bonds. The van der Waals surface area contributed by atoms with Gasteiger partial charge in [-0.15, -0.1) is 0 Å². The Bertz CT molecular complexity index is 1160. The Morgan fingerprint density at radius 1 is 0.519 bits per heavy atom. The second kappa shape index (κ2) is 40.2. The first-order valence-electron chi connectivity index (χ1n) is 21.8. The number of unbranched alkanes of at least 4 members (excludes halogenated alkanes) is 18. The number of rotatable bonds is 38. The Kier molecular flexibility index (Phi) is 38.3. The van der Waals surface area contributed by atoms with Crippen LogP contribution in [0.5, 0.6) is 0 Å². The van der Waals surface area contributed by atoms with Crippen LogP contribution in [0.2, 0.25) is 0 Å². The van der Waals surface area contributed by atoms with Crippen LogP contribution in [-0.4, -0.2) is 41.9 Å². The molecule has 2 unspecified atom stereocenters. The molecule has 0 bridgehead atoms. The van der Waals surface area contributed by atoms with Gasteiger partial charge in [-0.25, -0.2) is 0 Å². The third-order valence-electron chi connectivity index (χ3n) is 9.28. The average Bonchev–Trinajstić information content (AvgIpc) is 3.14. The van der Waals surface area contributed by atoms with E-state index >= 15 is 0 Å². The molecule has 0 aliphatic rings. The van der Waals surface area contributed by atoms with Crippen LogP contribution in [0.15, 0.2) is 85.1 Å². The van der Waals surface area contributed by atoms with Gasteiger partial charge in [0, 0.05) is 6.42 Å². The van der Waals surface area contributed by atoms with Crippen molar-refractivity contribution in [2.75, 3.05) is 5.75 Å². The molecule has 0 fully saturated rings. The summed E-state index contributed by atoms with van der Waals surface area (Å²) in [5.41, 5.74) is 0. The zero-order valence-corrected chi connectivity index (χ0v) is 35.4. The van der Waals surface area contributed by atoms with Gasteiger partial charge in [0.15, 0.2) is 0 Å². The van der Waals surface area contributed by atoms with Crippen molar-refractivity contribution in [3.8, 4) is 0 Å². The Labute approximate surface area is 333 Å². The van der Waals surface area contributed by atoms with Gasteiger partial charge in [-0.1, -0.05) is 182 Å². The fourth-order valence-corrected chi connectivity index (χ4v) is 6.79. The summed E-state index contributed by atoms with van der Waals surface area (Å²) in [5, 5.41) is 13.2. The lowest BCUT2D eigenvalue weighted by molar-refractivity contribution is -0.122. The van der Waals surface area contributed by atoms with Crippen molar-refractivity contribution in [3.05, 3.63) is 85.1 Å². The molecule has 0 heterocycles. The molecule has 0 aliphatic heterocycles.